The van der Waals surface area contributed by atoms with Gasteiger partial charge in [0, 0.05) is 5.56 Å². The maximum Gasteiger partial charge on any atom is 0.306 e. The third-order valence-corrected chi connectivity index (χ3v) is 2.40. The van der Waals surface area contributed by atoms with Crippen molar-refractivity contribution in [2.45, 2.75) is 19.2 Å². The topological polar surface area (TPSA) is 0 Å². The fourth-order valence-electron chi connectivity index (χ4n) is 1.58. The van der Waals surface area contributed by atoms with Gasteiger partial charge in [0.05, 0.1) is 5.56 Å². The Kier molecular flexibility index (Phi) is 4.02. The van der Waals surface area contributed by atoms with Crippen LogP contribution in [0.2, 0.25) is 0 Å². The molecule has 0 bridgehead atoms. The van der Waals surface area contributed by atoms with Crippen molar-refractivity contribution in [1.29, 1.82) is 0 Å². The quantitative estimate of drug-likeness (QED) is 0.442. The molecule has 0 amide bonds. The van der Waals surface area contributed by atoms with Crippen LogP contribution in [0.15, 0.2) is 6.08 Å². The van der Waals surface area contributed by atoms with Gasteiger partial charge >= 0.3 is 6.08 Å². The lowest BCUT2D eigenvalue weighted by Gasteiger charge is -2.22. The van der Waals surface area contributed by atoms with Crippen LogP contribution in [0.4, 0.5) is 30.7 Å². The SMILES string of the molecule is BC(C)(C)c1c(F)c(F)c(C(F)=C(F)F)c(F)c1F. The molecule has 0 saturated heterocycles. The zero-order valence-corrected chi connectivity index (χ0v) is 10.1. The normalized spacial score (nSPS) is 11.6. The van der Waals surface area contributed by atoms with Crippen LogP contribution in [0, 0.1) is 23.3 Å². The van der Waals surface area contributed by atoms with Crippen LogP contribution in [0.1, 0.15) is 25.0 Å². The third kappa shape index (κ3) is 2.62. The molecule has 19 heavy (non-hydrogen) atoms. The van der Waals surface area contributed by atoms with Crippen molar-refractivity contribution in [3.8, 4) is 0 Å². The molecule has 0 heterocycles. The number of benzene rings is 1. The third-order valence-electron chi connectivity index (χ3n) is 2.40. The summed E-state index contributed by atoms with van der Waals surface area (Å²) in [5.74, 6) is -10.8. The van der Waals surface area contributed by atoms with Gasteiger partial charge < -0.3 is 0 Å². The molecule has 0 nitrogen and oxygen atoms in total. The summed E-state index contributed by atoms with van der Waals surface area (Å²) in [6.07, 6.45) is -3.07. The largest absolute Gasteiger partial charge is 0.306 e. The zero-order valence-electron chi connectivity index (χ0n) is 10.1. The Hall–Kier alpha value is -1.47. The van der Waals surface area contributed by atoms with Gasteiger partial charge in [-0.2, -0.15) is 8.78 Å². The highest BCUT2D eigenvalue weighted by Crippen LogP contribution is 2.35. The van der Waals surface area contributed by atoms with Gasteiger partial charge in [0.25, 0.3) is 0 Å². The van der Waals surface area contributed by atoms with E-state index >= 15 is 0 Å². The van der Waals surface area contributed by atoms with Gasteiger partial charge in [-0.05, 0) is 5.31 Å². The molecule has 104 valence electrons. The van der Waals surface area contributed by atoms with E-state index in [1.54, 1.807) is 0 Å². The van der Waals surface area contributed by atoms with E-state index in [-0.39, 0.29) is 0 Å². The van der Waals surface area contributed by atoms with E-state index in [0.717, 1.165) is 0 Å². The molecule has 0 radical (unpaired) electrons. The van der Waals surface area contributed by atoms with Crippen LogP contribution in [0.5, 0.6) is 0 Å². The van der Waals surface area contributed by atoms with Crippen molar-refractivity contribution < 1.29 is 30.7 Å². The highest BCUT2D eigenvalue weighted by Gasteiger charge is 2.34. The fraction of sp³-hybridized carbons (Fsp3) is 0.273. The average Bonchev–Trinajstić information content (AvgIpc) is 2.24. The van der Waals surface area contributed by atoms with E-state index in [0.29, 0.717) is 0 Å². The monoisotopic (exact) mass is 284 g/mol. The minimum absolute atomic E-state index is 0.974. The number of hydrogen-bond acceptors (Lipinski definition) is 0. The van der Waals surface area contributed by atoms with Crippen molar-refractivity contribution in [3.05, 3.63) is 40.5 Å². The lowest BCUT2D eigenvalue weighted by molar-refractivity contribution is 0.396. The second-order valence-corrected chi connectivity index (χ2v) is 4.83. The van der Waals surface area contributed by atoms with E-state index in [9.17, 15) is 30.7 Å². The van der Waals surface area contributed by atoms with E-state index < -0.39 is 51.6 Å². The summed E-state index contributed by atoms with van der Waals surface area (Å²) in [5, 5.41) is -1.33. The van der Waals surface area contributed by atoms with Crippen molar-refractivity contribution in [3.63, 3.8) is 0 Å². The first-order chi connectivity index (χ1) is 8.50. The van der Waals surface area contributed by atoms with Gasteiger partial charge in [-0.3, -0.25) is 0 Å². The Morgan fingerprint density at radius 3 is 1.47 bits per heavy atom. The molecule has 0 N–H and O–H groups in total. The minimum Gasteiger partial charge on any atom is -0.203 e. The summed E-state index contributed by atoms with van der Waals surface area (Å²) in [7, 11) is 1.26. The van der Waals surface area contributed by atoms with Gasteiger partial charge in [-0.25, -0.2) is 22.0 Å². The summed E-state index contributed by atoms with van der Waals surface area (Å²) < 4.78 is 91.0. The van der Waals surface area contributed by atoms with E-state index in [1.165, 1.54) is 21.7 Å². The lowest BCUT2D eigenvalue weighted by atomic mass is 9.67. The number of hydrogen-bond donors (Lipinski definition) is 0. The first-order valence-corrected chi connectivity index (χ1v) is 5.07. The molecule has 0 fully saturated rings. The first-order valence-electron chi connectivity index (χ1n) is 5.07. The Morgan fingerprint density at radius 2 is 1.21 bits per heavy atom. The molecule has 0 spiro atoms. The first kappa shape index (κ1) is 15.6. The zero-order chi connectivity index (χ0) is 15.1. The molecule has 8 heteroatoms. The maximum absolute atomic E-state index is 13.6. The van der Waals surface area contributed by atoms with Crippen molar-refractivity contribution >= 4 is 13.7 Å². The smallest absolute Gasteiger partial charge is 0.203 e. The molecule has 0 aliphatic carbocycles. The number of halogens is 7. The summed E-state index contributed by atoms with van der Waals surface area (Å²) >= 11 is 0. The molecular weight excluding hydrogens is 276 g/mol. The van der Waals surface area contributed by atoms with E-state index in [4.69, 9.17) is 0 Å². The summed E-state index contributed by atoms with van der Waals surface area (Å²) in [6.45, 7) is 2.52. The Bertz CT molecular complexity index is 524. The van der Waals surface area contributed by atoms with Crippen LogP contribution in [0.3, 0.4) is 0 Å². The van der Waals surface area contributed by atoms with Gasteiger partial charge in [-0.1, -0.05) is 13.8 Å². The van der Waals surface area contributed by atoms with Gasteiger partial charge in [0.15, 0.2) is 23.3 Å². The molecular formula is C11H8BF7. The van der Waals surface area contributed by atoms with Crippen molar-refractivity contribution in [1.82, 2.24) is 0 Å². The van der Waals surface area contributed by atoms with Crippen molar-refractivity contribution in [2.24, 2.45) is 0 Å². The van der Waals surface area contributed by atoms with Crippen LogP contribution >= 0.6 is 0 Å². The van der Waals surface area contributed by atoms with Gasteiger partial charge in [0.2, 0.25) is 5.83 Å². The van der Waals surface area contributed by atoms with Gasteiger partial charge in [0.1, 0.15) is 7.85 Å². The predicted molar refractivity (Wildman–Crippen MR) is 58.1 cm³/mol. The molecule has 1 rings (SSSR count). The van der Waals surface area contributed by atoms with Gasteiger partial charge in [-0.15, -0.1) is 0 Å². The highest BCUT2D eigenvalue weighted by atomic mass is 19.3. The minimum atomic E-state index is -3.07. The summed E-state index contributed by atoms with van der Waals surface area (Å²) in [6, 6.07) is 0. The van der Waals surface area contributed by atoms with Crippen molar-refractivity contribution in [2.75, 3.05) is 0 Å². The van der Waals surface area contributed by atoms with E-state index in [2.05, 4.69) is 0 Å². The standard InChI is InChI=1S/C11H8BF7/c1-11(2,12)4-8(16)5(13)3(6(14)9(4)17)7(15)10(18)19/h12H2,1-2H3. The molecule has 1 aromatic carbocycles. The molecule has 0 aliphatic rings. The molecule has 0 aliphatic heterocycles. The lowest BCUT2D eigenvalue weighted by Crippen LogP contribution is -2.23. The molecule has 0 atom stereocenters. The summed E-state index contributed by atoms with van der Waals surface area (Å²) in [5.41, 5.74) is -3.01. The second-order valence-electron chi connectivity index (χ2n) is 4.83. The van der Waals surface area contributed by atoms with Crippen LogP contribution < -0.4 is 0 Å². The Labute approximate surface area is 105 Å². The summed E-state index contributed by atoms with van der Waals surface area (Å²) in [4.78, 5) is 0. The molecule has 0 saturated carbocycles. The van der Waals surface area contributed by atoms with Crippen LogP contribution in [-0.2, 0) is 5.31 Å². The molecule has 1 aromatic rings. The predicted octanol–water partition coefficient (Wildman–Crippen LogP) is 3.65. The molecule has 0 aromatic heterocycles. The highest BCUT2D eigenvalue weighted by molar-refractivity contribution is 6.15. The Morgan fingerprint density at radius 1 is 0.842 bits per heavy atom. The number of rotatable bonds is 2. The van der Waals surface area contributed by atoms with Crippen LogP contribution in [0.25, 0.3) is 5.83 Å². The van der Waals surface area contributed by atoms with E-state index in [1.807, 2.05) is 0 Å². The Balaban J connectivity index is 3.82. The average molecular weight is 284 g/mol. The fourth-order valence-corrected chi connectivity index (χ4v) is 1.58. The van der Waals surface area contributed by atoms with Crippen LogP contribution in [-0.4, -0.2) is 7.85 Å². The maximum atomic E-state index is 13.6. The second kappa shape index (κ2) is 4.90. The molecule has 0 unspecified atom stereocenters.